The Morgan fingerprint density at radius 2 is 1.76 bits per heavy atom. The second-order valence-corrected chi connectivity index (χ2v) is 10.4. The van der Waals surface area contributed by atoms with Crippen LogP contribution >= 0.6 is 0 Å². The maximum absolute atomic E-state index is 14.4. The van der Waals surface area contributed by atoms with Gasteiger partial charge in [0.1, 0.15) is 17.0 Å². The number of methoxy groups -OCH3 is 1. The molecule has 0 spiro atoms. The van der Waals surface area contributed by atoms with Crippen LogP contribution in [0.2, 0.25) is 0 Å². The predicted octanol–water partition coefficient (Wildman–Crippen LogP) is 2.56. The zero-order valence-corrected chi connectivity index (χ0v) is 23.7. The summed E-state index contributed by atoms with van der Waals surface area (Å²) in [4.78, 5) is 33.7. The Bertz CT molecular complexity index is 1570. The molecule has 0 bridgehead atoms. The minimum atomic E-state index is -2.91. The number of halogens is 2. The van der Waals surface area contributed by atoms with Gasteiger partial charge in [-0.2, -0.15) is 15.0 Å². The highest BCUT2D eigenvalue weighted by Gasteiger charge is 2.28. The van der Waals surface area contributed by atoms with E-state index in [1.807, 2.05) is 16.8 Å². The van der Waals surface area contributed by atoms with Crippen molar-refractivity contribution in [3.05, 3.63) is 30.2 Å². The molecule has 2 N–H and O–H groups in total. The highest BCUT2D eigenvalue weighted by atomic mass is 19.3. The van der Waals surface area contributed by atoms with Crippen molar-refractivity contribution < 1.29 is 18.3 Å². The molecule has 5 heterocycles. The number of morpholine rings is 1. The summed E-state index contributed by atoms with van der Waals surface area (Å²) in [7, 11) is 5.53. The fourth-order valence-corrected chi connectivity index (χ4v) is 5.35. The van der Waals surface area contributed by atoms with Gasteiger partial charge in [-0.05, 0) is 45.1 Å². The first kappa shape index (κ1) is 27.9. The van der Waals surface area contributed by atoms with Crippen LogP contribution in [0, 0.1) is 0 Å². The molecule has 13 nitrogen and oxygen atoms in total. The van der Waals surface area contributed by atoms with Gasteiger partial charge in [0.15, 0.2) is 11.6 Å². The van der Waals surface area contributed by atoms with E-state index in [1.54, 1.807) is 18.2 Å². The molecular weight excluding hydrogens is 548 g/mol. The lowest BCUT2D eigenvalue weighted by atomic mass is 10.0. The van der Waals surface area contributed by atoms with Crippen LogP contribution < -0.4 is 20.3 Å². The van der Waals surface area contributed by atoms with Gasteiger partial charge in [0.05, 0.1) is 37.7 Å². The van der Waals surface area contributed by atoms with Crippen molar-refractivity contribution >= 4 is 28.6 Å². The molecule has 15 heteroatoms. The first-order valence-electron chi connectivity index (χ1n) is 13.8. The van der Waals surface area contributed by atoms with E-state index in [2.05, 4.69) is 31.9 Å². The van der Waals surface area contributed by atoms with Gasteiger partial charge in [0, 0.05) is 26.2 Å². The molecule has 2 aliphatic heterocycles. The summed E-state index contributed by atoms with van der Waals surface area (Å²) < 4.78 is 40.9. The van der Waals surface area contributed by atoms with Crippen molar-refractivity contribution in [2.75, 3.05) is 76.1 Å². The molecule has 222 valence electrons. The fourth-order valence-electron chi connectivity index (χ4n) is 5.35. The SMILES string of the molecule is COc1cccc2c1nc(C(F)F)n2-c1nc(-c2nc(N(C)C3CCN(C)CC3)ncc2N)nc(N2CCOCC2)n1. The molecule has 0 atom stereocenters. The molecule has 0 radical (unpaired) electrons. The summed E-state index contributed by atoms with van der Waals surface area (Å²) in [6.07, 6.45) is 0.567. The third-order valence-corrected chi connectivity index (χ3v) is 7.76. The summed E-state index contributed by atoms with van der Waals surface area (Å²) >= 11 is 0. The van der Waals surface area contributed by atoms with Crippen molar-refractivity contribution in [1.82, 2.24) is 39.4 Å². The normalized spacial score (nSPS) is 16.9. The highest BCUT2D eigenvalue weighted by molar-refractivity contribution is 5.84. The zero-order valence-electron chi connectivity index (χ0n) is 23.7. The molecule has 1 aromatic carbocycles. The van der Waals surface area contributed by atoms with Crippen LogP contribution in [-0.4, -0.2) is 106 Å². The molecule has 0 unspecified atom stereocenters. The van der Waals surface area contributed by atoms with Crippen molar-refractivity contribution in [3.63, 3.8) is 0 Å². The molecule has 6 rings (SSSR count). The smallest absolute Gasteiger partial charge is 0.296 e. The van der Waals surface area contributed by atoms with Gasteiger partial charge >= 0.3 is 0 Å². The van der Waals surface area contributed by atoms with Gasteiger partial charge in [-0.15, -0.1) is 0 Å². The zero-order chi connectivity index (χ0) is 29.4. The molecule has 4 aromatic rings. The van der Waals surface area contributed by atoms with E-state index < -0.39 is 12.2 Å². The number of anilines is 3. The lowest BCUT2D eigenvalue weighted by molar-refractivity contribution is 0.122. The average Bonchev–Trinajstić information content (AvgIpc) is 3.42. The van der Waals surface area contributed by atoms with E-state index in [0.29, 0.717) is 55.2 Å². The molecule has 0 saturated carbocycles. The monoisotopic (exact) mass is 581 g/mol. The van der Waals surface area contributed by atoms with Gasteiger partial charge in [-0.3, -0.25) is 4.57 Å². The maximum atomic E-state index is 14.4. The third-order valence-electron chi connectivity index (χ3n) is 7.76. The van der Waals surface area contributed by atoms with Crippen LogP contribution in [0.25, 0.3) is 28.5 Å². The van der Waals surface area contributed by atoms with Crippen LogP contribution in [0.5, 0.6) is 5.75 Å². The molecule has 3 aromatic heterocycles. The number of hydrogen-bond acceptors (Lipinski definition) is 12. The standard InChI is InChI=1S/C27H33F2N11O2/c1-37-9-7-16(8-10-37)38(2)25-31-15-17(30)20(33-25)23-34-26(39-11-13-42-14-12-39)36-27(35-23)40-18-5-4-6-19(41-3)21(18)32-24(40)22(28)29/h4-6,15-16,22H,7-14,30H2,1-3H3. The summed E-state index contributed by atoms with van der Waals surface area (Å²) in [5.74, 6) is 0.733. The number of ether oxygens (including phenoxy) is 2. The highest BCUT2D eigenvalue weighted by Crippen LogP contribution is 2.33. The Morgan fingerprint density at radius 3 is 2.48 bits per heavy atom. The van der Waals surface area contributed by atoms with Crippen LogP contribution in [0.3, 0.4) is 0 Å². The Kier molecular flexibility index (Phi) is 7.68. The van der Waals surface area contributed by atoms with Crippen LogP contribution in [0.1, 0.15) is 25.1 Å². The number of imidazole rings is 1. The Balaban J connectivity index is 1.50. The summed E-state index contributed by atoms with van der Waals surface area (Å²) in [6, 6.07) is 5.29. The number of benzene rings is 1. The number of nitrogens with zero attached hydrogens (tertiary/aromatic N) is 10. The van der Waals surface area contributed by atoms with E-state index >= 15 is 0 Å². The van der Waals surface area contributed by atoms with Crippen LogP contribution in [-0.2, 0) is 4.74 Å². The van der Waals surface area contributed by atoms with Crippen LogP contribution in [0.4, 0.5) is 26.4 Å². The number of likely N-dealkylation sites (tertiary alicyclic amines) is 1. The largest absolute Gasteiger partial charge is 0.494 e. The number of fused-ring (bicyclic) bond motifs is 1. The number of nitrogens with two attached hydrogens (primary N) is 1. The minimum absolute atomic E-state index is 0.0317. The number of nitrogen functional groups attached to an aromatic ring is 1. The molecule has 2 aliphatic rings. The second-order valence-electron chi connectivity index (χ2n) is 10.4. The van der Waals surface area contributed by atoms with Crippen molar-refractivity contribution in [2.45, 2.75) is 25.3 Å². The molecular formula is C27H33F2N11O2. The van der Waals surface area contributed by atoms with Gasteiger partial charge in [0.2, 0.25) is 17.8 Å². The summed E-state index contributed by atoms with van der Waals surface area (Å²) in [5, 5.41) is 0. The maximum Gasteiger partial charge on any atom is 0.296 e. The summed E-state index contributed by atoms with van der Waals surface area (Å²) in [6.45, 7) is 3.95. The van der Waals surface area contributed by atoms with E-state index in [1.165, 1.54) is 17.9 Å². The fraction of sp³-hybridized carbons (Fsp3) is 0.481. The summed E-state index contributed by atoms with van der Waals surface area (Å²) in [5.41, 5.74) is 7.57. The first-order valence-corrected chi connectivity index (χ1v) is 13.8. The molecule has 42 heavy (non-hydrogen) atoms. The number of piperidine rings is 1. The Hall–Kier alpha value is -4.24. The molecule has 2 fully saturated rings. The number of aromatic nitrogens is 7. The van der Waals surface area contributed by atoms with E-state index in [4.69, 9.17) is 25.2 Å². The average molecular weight is 582 g/mol. The van der Waals surface area contributed by atoms with Gasteiger partial charge in [-0.25, -0.2) is 23.7 Å². The molecule has 0 amide bonds. The second kappa shape index (κ2) is 11.6. The predicted molar refractivity (Wildman–Crippen MR) is 153 cm³/mol. The van der Waals surface area contributed by atoms with Crippen LogP contribution in [0.15, 0.2) is 24.4 Å². The number of para-hydroxylation sites is 1. The van der Waals surface area contributed by atoms with Crippen molar-refractivity contribution in [1.29, 1.82) is 0 Å². The lowest BCUT2D eigenvalue weighted by Crippen LogP contribution is -2.42. The molecule has 2 saturated heterocycles. The first-order chi connectivity index (χ1) is 20.3. The van der Waals surface area contributed by atoms with Gasteiger partial charge in [-0.1, -0.05) is 6.07 Å². The van der Waals surface area contributed by atoms with Crippen molar-refractivity contribution in [3.8, 4) is 23.2 Å². The van der Waals surface area contributed by atoms with E-state index in [-0.39, 0.29) is 29.0 Å². The van der Waals surface area contributed by atoms with Gasteiger partial charge < -0.3 is 29.9 Å². The third kappa shape index (κ3) is 5.25. The molecule has 0 aliphatic carbocycles. The van der Waals surface area contributed by atoms with E-state index in [9.17, 15) is 8.78 Å². The topological polar surface area (TPSA) is 136 Å². The number of rotatable bonds is 7. The van der Waals surface area contributed by atoms with Gasteiger partial charge in [0.25, 0.3) is 6.43 Å². The lowest BCUT2D eigenvalue weighted by Gasteiger charge is -2.35. The number of hydrogen-bond donors (Lipinski definition) is 1. The van der Waals surface area contributed by atoms with Crippen molar-refractivity contribution in [2.24, 2.45) is 0 Å². The van der Waals surface area contributed by atoms with E-state index in [0.717, 1.165) is 25.9 Å². The minimum Gasteiger partial charge on any atom is -0.494 e. The number of alkyl halides is 2. The Morgan fingerprint density at radius 1 is 1.02 bits per heavy atom. The quantitative estimate of drug-likeness (QED) is 0.343. The Labute approximate surface area is 241 Å².